The van der Waals surface area contributed by atoms with Crippen LogP contribution in [-0.2, 0) is 10.0 Å². The van der Waals surface area contributed by atoms with E-state index in [-0.39, 0.29) is 27.2 Å². The van der Waals surface area contributed by atoms with Gasteiger partial charge in [0.05, 0.1) is 16.1 Å². The Morgan fingerprint density at radius 1 is 0.861 bits per heavy atom. The molecule has 0 saturated heterocycles. The first-order valence-electron chi connectivity index (χ1n) is 9.52. The Hall–Kier alpha value is -4.37. The fourth-order valence-electron chi connectivity index (χ4n) is 3.11. The molecule has 0 aliphatic carbocycles. The molecule has 0 bridgehead atoms. The summed E-state index contributed by atoms with van der Waals surface area (Å²) < 4.78 is 95.6. The molecule has 4 rings (SSSR count). The van der Waals surface area contributed by atoms with E-state index in [9.17, 15) is 40.3 Å². The molecule has 36 heavy (non-hydrogen) atoms. The zero-order valence-corrected chi connectivity index (χ0v) is 18.2. The van der Waals surface area contributed by atoms with Crippen LogP contribution in [0.5, 0.6) is 11.6 Å². The van der Waals surface area contributed by atoms with E-state index >= 15 is 0 Å². The molecule has 0 fully saturated rings. The van der Waals surface area contributed by atoms with Crippen LogP contribution in [-0.4, -0.2) is 24.2 Å². The van der Waals surface area contributed by atoms with Crippen molar-refractivity contribution >= 4 is 38.4 Å². The van der Waals surface area contributed by atoms with Gasteiger partial charge in [-0.15, -0.1) is 5.11 Å². The molecule has 3 aromatic carbocycles. The van der Waals surface area contributed by atoms with Gasteiger partial charge in [0.25, 0.3) is 0 Å². The Labute approximate surface area is 197 Å². The summed E-state index contributed by atoms with van der Waals surface area (Å²) in [6.45, 7) is 0. The van der Waals surface area contributed by atoms with E-state index in [1.54, 1.807) is 0 Å². The smallest absolute Gasteiger partial charge is 0.427 e. The van der Waals surface area contributed by atoms with Gasteiger partial charge in [0.2, 0.25) is 50.7 Å². The van der Waals surface area contributed by atoms with Gasteiger partial charge in [-0.3, -0.25) is 0 Å². The van der Waals surface area contributed by atoms with Crippen LogP contribution in [0.25, 0.3) is 10.9 Å². The summed E-state index contributed by atoms with van der Waals surface area (Å²) in [5, 5.41) is 23.4. The lowest BCUT2D eigenvalue weighted by molar-refractivity contribution is 0.193. The molecule has 0 unspecified atom stereocenters. The molecule has 0 amide bonds. The molecule has 0 spiro atoms. The molecule has 1 heterocycles. The second-order valence-corrected chi connectivity index (χ2v) is 8.59. The first kappa shape index (κ1) is 24.7. The van der Waals surface area contributed by atoms with Gasteiger partial charge in [-0.05, 0) is 30.3 Å². The highest BCUT2D eigenvalue weighted by Gasteiger charge is 2.30. The summed E-state index contributed by atoms with van der Waals surface area (Å²) in [5.41, 5.74) is -0.319. The zero-order chi connectivity index (χ0) is 26.4. The summed E-state index contributed by atoms with van der Waals surface area (Å²) in [7, 11) is -3.96. The van der Waals surface area contributed by atoms with Crippen LogP contribution in [0.1, 0.15) is 0 Å². The van der Waals surface area contributed by atoms with Crippen molar-refractivity contribution in [3.63, 3.8) is 0 Å². The number of sulfonamides is 1. The molecule has 4 aromatic rings. The van der Waals surface area contributed by atoms with Gasteiger partial charge in [-0.1, -0.05) is 18.2 Å². The molecule has 0 aliphatic rings. The summed E-state index contributed by atoms with van der Waals surface area (Å²) in [5.74, 6) is -14.7. The molecule has 9 nitrogen and oxygen atoms in total. The Bertz CT molecular complexity index is 1640. The Balaban J connectivity index is 1.76. The van der Waals surface area contributed by atoms with E-state index in [4.69, 9.17) is 5.14 Å². The maximum absolute atomic E-state index is 14.0. The highest BCUT2D eigenvalue weighted by atomic mass is 32.2. The Morgan fingerprint density at radius 2 is 1.42 bits per heavy atom. The van der Waals surface area contributed by atoms with Gasteiger partial charge in [0, 0.05) is 5.39 Å². The third-order valence-corrected chi connectivity index (χ3v) is 5.73. The van der Waals surface area contributed by atoms with Gasteiger partial charge in [0.1, 0.15) is 0 Å². The number of fused-ring (bicyclic) bond motifs is 1. The Kier molecular flexibility index (Phi) is 6.19. The largest absolute Gasteiger partial charge is 0.492 e. The lowest BCUT2D eigenvalue weighted by atomic mass is 10.2. The van der Waals surface area contributed by atoms with Crippen molar-refractivity contribution in [2.75, 3.05) is 0 Å². The molecule has 1 aromatic heterocycles. The molecular weight excluding hydrogens is 515 g/mol. The molecule has 0 radical (unpaired) electrons. The average molecular weight is 526 g/mol. The van der Waals surface area contributed by atoms with Crippen LogP contribution < -0.4 is 9.88 Å². The summed E-state index contributed by atoms with van der Waals surface area (Å²) in [6.07, 6.45) is -1.72. The van der Waals surface area contributed by atoms with E-state index in [2.05, 4.69) is 15.0 Å². The van der Waals surface area contributed by atoms with Crippen molar-refractivity contribution in [1.29, 1.82) is 0 Å². The monoisotopic (exact) mass is 526 g/mol. The molecule has 0 atom stereocenters. The first-order valence-corrected chi connectivity index (χ1v) is 11.1. The standard InChI is InChI=1S/C21H11F5N4O5S/c22-13-14(23)16(25)19(17(26)15(13)24)35-21(32)30-12-4-2-1-3-11(12)18(20(30)31)29-28-9-5-7-10(8-6-9)36(27,33)34/h1-8,31H,(H2,27,33,34). The quantitative estimate of drug-likeness (QED) is 0.164. The number of ether oxygens (including phenoxy) is 1. The van der Waals surface area contributed by atoms with E-state index in [1.165, 1.54) is 36.4 Å². The number of nitrogens with two attached hydrogens (primary N) is 1. The summed E-state index contributed by atoms with van der Waals surface area (Å²) >= 11 is 0. The van der Waals surface area contributed by atoms with Crippen molar-refractivity contribution in [1.82, 2.24) is 4.57 Å². The molecule has 0 saturated carbocycles. The van der Waals surface area contributed by atoms with Crippen LogP contribution in [0.3, 0.4) is 0 Å². The summed E-state index contributed by atoms with van der Waals surface area (Å²) in [4.78, 5) is 12.5. The van der Waals surface area contributed by atoms with Gasteiger partial charge in [-0.2, -0.15) is 13.9 Å². The highest BCUT2D eigenvalue weighted by molar-refractivity contribution is 7.89. The minimum Gasteiger partial charge on any atom is -0.492 e. The third kappa shape index (κ3) is 4.25. The van der Waals surface area contributed by atoms with Crippen molar-refractivity contribution in [2.45, 2.75) is 4.90 Å². The van der Waals surface area contributed by atoms with Crippen LogP contribution in [0, 0.1) is 29.1 Å². The minimum absolute atomic E-state index is 0.0919. The van der Waals surface area contributed by atoms with Crippen molar-refractivity contribution in [3.05, 3.63) is 77.6 Å². The fraction of sp³-hybridized carbons (Fsp3) is 0. The number of primary sulfonamides is 1. The third-order valence-electron chi connectivity index (χ3n) is 4.80. The second kappa shape index (κ2) is 9.01. The maximum atomic E-state index is 14.0. The second-order valence-electron chi connectivity index (χ2n) is 7.03. The van der Waals surface area contributed by atoms with E-state index in [0.717, 1.165) is 12.1 Å². The number of rotatable bonds is 4. The maximum Gasteiger partial charge on any atom is 0.427 e. The van der Waals surface area contributed by atoms with Gasteiger partial charge in [-0.25, -0.2) is 36.1 Å². The van der Waals surface area contributed by atoms with Crippen molar-refractivity contribution in [3.8, 4) is 11.6 Å². The predicted octanol–water partition coefficient (Wildman–Crippen LogP) is 5.15. The van der Waals surface area contributed by atoms with Crippen LogP contribution >= 0.6 is 0 Å². The number of carbonyl (C=O) groups excluding carboxylic acids is 1. The molecule has 15 heteroatoms. The van der Waals surface area contributed by atoms with E-state index < -0.39 is 56.8 Å². The first-order chi connectivity index (χ1) is 16.9. The number of carbonyl (C=O) groups is 1. The van der Waals surface area contributed by atoms with Crippen LogP contribution in [0.2, 0.25) is 0 Å². The number of hydrogen-bond acceptors (Lipinski definition) is 7. The number of benzene rings is 3. The number of aromatic nitrogens is 1. The number of para-hydroxylation sites is 1. The molecule has 3 N–H and O–H groups in total. The summed E-state index contributed by atoms with van der Waals surface area (Å²) in [6, 6.07) is 10.3. The molecular formula is C21H11F5N4O5S. The number of nitrogens with zero attached hydrogens (tertiary/aromatic N) is 3. The molecule has 186 valence electrons. The zero-order valence-electron chi connectivity index (χ0n) is 17.4. The van der Waals surface area contributed by atoms with E-state index in [1.807, 2.05) is 0 Å². The highest BCUT2D eigenvalue weighted by Crippen LogP contribution is 2.40. The number of hydrogen-bond donors (Lipinski definition) is 2. The van der Waals surface area contributed by atoms with Crippen LogP contribution in [0.4, 0.5) is 38.1 Å². The minimum atomic E-state index is -3.96. The van der Waals surface area contributed by atoms with Crippen LogP contribution in [0.15, 0.2) is 63.7 Å². The van der Waals surface area contributed by atoms with Gasteiger partial charge in [0.15, 0.2) is 5.69 Å². The van der Waals surface area contributed by atoms with E-state index in [0.29, 0.717) is 4.57 Å². The number of azo groups is 1. The number of aromatic hydroxyl groups is 1. The Morgan fingerprint density at radius 3 is 2.00 bits per heavy atom. The van der Waals surface area contributed by atoms with Crippen molar-refractivity contribution < 1.29 is 45.0 Å². The average Bonchev–Trinajstić information content (AvgIpc) is 3.13. The topological polar surface area (TPSA) is 136 Å². The lowest BCUT2D eigenvalue weighted by Gasteiger charge is -2.10. The van der Waals surface area contributed by atoms with Gasteiger partial charge < -0.3 is 9.84 Å². The normalized spacial score (nSPS) is 11.9. The predicted molar refractivity (Wildman–Crippen MR) is 113 cm³/mol. The lowest BCUT2D eigenvalue weighted by Crippen LogP contribution is -2.19. The van der Waals surface area contributed by atoms with Gasteiger partial charge >= 0.3 is 6.09 Å². The van der Waals surface area contributed by atoms with Crippen molar-refractivity contribution in [2.24, 2.45) is 15.4 Å². The molecule has 0 aliphatic heterocycles. The SMILES string of the molecule is NS(=O)(=O)c1ccc(N=Nc2c(O)n(C(=O)Oc3c(F)c(F)c(F)c(F)c3F)c3ccccc23)cc1. The number of halogens is 5. The fourth-order valence-corrected chi connectivity index (χ4v) is 3.63.